The molecule has 2 aliphatic rings. The molecular weight excluding hydrogens is 545 g/mol. The Morgan fingerprint density at radius 3 is 2.44 bits per heavy atom. The number of halogens is 3. The minimum Gasteiger partial charge on any atom is -0.373 e. The van der Waals surface area contributed by atoms with Gasteiger partial charge in [-0.2, -0.15) is 23.4 Å². The molecule has 2 heterocycles. The Bertz CT molecular complexity index is 1380. The number of piperidine rings is 1. The number of benzene rings is 1. The number of hydrogen-bond acceptors (Lipinski definition) is 7. The molecule has 0 spiro atoms. The summed E-state index contributed by atoms with van der Waals surface area (Å²) in [6, 6.07) is 2.60. The molecular formula is C27H33F3N6O5. The van der Waals surface area contributed by atoms with E-state index in [0.717, 1.165) is 4.90 Å². The zero-order chi connectivity index (χ0) is 30.5. The van der Waals surface area contributed by atoms with Crippen LogP contribution in [0.4, 0.5) is 13.2 Å². The molecule has 1 aliphatic carbocycles. The molecule has 0 radical (unpaired) electrons. The zero-order valence-electron chi connectivity index (χ0n) is 23.3. The number of hydrogen-bond donors (Lipinski definition) is 3. The maximum atomic E-state index is 13.9. The number of aromatic nitrogens is 2. The van der Waals surface area contributed by atoms with Crippen LogP contribution in [0.25, 0.3) is 10.8 Å². The predicted octanol–water partition coefficient (Wildman–Crippen LogP) is 1.62. The van der Waals surface area contributed by atoms with Crippen LogP contribution in [0, 0.1) is 17.3 Å². The lowest BCUT2D eigenvalue weighted by Crippen LogP contribution is -2.64. The minimum absolute atomic E-state index is 0.0488. The summed E-state index contributed by atoms with van der Waals surface area (Å²) in [5, 5.41) is 13.5. The third-order valence-corrected chi connectivity index (χ3v) is 8.20. The van der Waals surface area contributed by atoms with Gasteiger partial charge < -0.3 is 26.0 Å². The Hall–Kier alpha value is -3.81. The Morgan fingerprint density at radius 2 is 1.83 bits per heavy atom. The lowest BCUT2D eigenvalue weighted by Gasteiger charge is -2.39. The van der Waals surface area contributed by atoms with Crippen molar-refractivity contribution in [1.29, 1.82) is 0 Å². The van der Waals surface area contributed by atoms with E-state index in [-0.39, 0.29) is 36.1 Å². The fourth-order valence-electron chi connectivity index (χ4n) is 5.95. The van der Waals surface area contributed by atoms with Crippen LogP contribution in [0.5, 0.6) is 0 Å². The SMILES string of the molecule is CCOC(C)(C)C(NC(=O)C(F)(F)F)C(=O)N1C[C@H]2[C@@H]([C@H]1C(=O)NC(C(N)=O)c1nncc3ccccc13)C2(C)C. The molecule has 222 valence electrons. The molecule has 14 heteroatoms. The van der Waals surface area contributed by atoms with Crippen LogP contribution >= 0.6 is 0 Å². The van der Waals surface area contributed by atoms with Crippen molar-refractivity contribution in [1.82, 2.24) is 25.7 Å². The van der Waals surface area contributed by atoms with Crippen LogP contribution in [0.2, 0.25) is 0 Å². The summed E-state index contributed by atoms with van der Waals surface area (Å²) in [6.45, 7) is 8.30. The Labute approximate surface area is 234 Å². The molecule has 11 nitrogen and oxygen atoms in total. The molecule has 5 atom stereocenters. The van der Waals surface area contributed by atoms with Crippen molar-refractivity contribution in [2.75, 3.05) is 13.2 Å². The first kappa shape index (κ1) is 30.2. The molecule has 1 aromatic carbocycles. The molecule has 0 bridgehead atoms. The number of primary amides is 1. The van der Waals surface area contributed by atoms with E-state index in [1.807, 2.05) is 13.8 Å². The Kier molecular flexibility index (Phi) is 7.76. The number of amides is 4. The minimum atomic E-state index is -5.25. The third kappa shape index (κ3) is 5.56. The van der Waals surface area contributed by atoms with E-state index in [0.29, 0.717) is 10.8 Å². The van der Waals surface area contributed by atoms with Crippen LogP contribution in [0.1, 0.15) is 46.4 Å². The van der Waals surface area contributed by atoms with Gasteiger partial charge in [-0.3, -0.25) is 19.2 Å². The average molecular weight is 579 g/mol. The highest BCUT2D eigenvalue weighted by molar-refractivity contribution is 5.98. The third-order valence-electron chi connectivity index (χ3n) is 8.20. The molecule has 4 N–H and O–H groups in total. The highest BCUT2D eigenvalue weighted by atomic mass is 19.4. The van der Waals surface area contributed by atoms with Crippen LogP contribution in [-0.2, 0) is 23.9 Å². The normalized spacial score (nSPS) is 22.9. The predicted molar refractivity (Wildman–Crippen MR) is 140 cm³/mol. The average Bonchev–Trinajstić information content (AvgIpc) is 3.21. The highest BCUT2D eigenvalue weighted by Crippen LogP contribution is 2.65. The Morgan fingerprint density at radius 1 is 1.17 bits per heavy atom. The number of nitrogens with zero attached hydrogens (tertiary/aromatic N) is 3. The van der Waals surface area contributed by atoms with Gasteiger partial charge in [0.15, 0.2) is 6.04 Å². The molecule has 1 saturated carbocycles. The first-order chi connectivity index (χ1) is 19.0. The van der Waals surface area contributed by atoms with Gasteiger partial charge in [0.05, 0.1) is 11.8 Å². The summed E-state index contributed by atoms with van der Waals surface area (Å²) >= 11 is 0. The maximum Gasteiger partial charge on any atom is 0.471 e. The van der Waals surface area contributed by atoms with Gasteiger partial charge in [-0.1, -0.05) is 38.1 Å². The van der Waals surface area contributed by atoms with Gasteiger partial charge in [-0.05, 0) is 38.0 Å². The number of nitrogens with two attached hydrogens (primary N) is 1. The van der Waals surface area contributed by atoms with E-state index >= 15 is 0 Å². The van der Waals surface area contributed by atoms with Crippen LogP contribution in [0.3, 0.4) is 0 Å². The van der Waals surface area contributed by atoms with E-state index in [1.165, 1.54) is 20.0 Å². The molecule has 2 aromatic rings. The number of likely N-dealkylation sites (tertiary alicyclic amines) is 1. The van der Waals surface area contributed by atoms with E-state index in [4.69, 9.17) is 10.5 Å². The maximum absolute atomic E-state index is 13.9. The molecule has 1 saturated heterocycles. The summed E-state index contributed by atoms with van der Waals surface area (Å²) in [4.78, 5) is 53.3. The Balaban J connectivity index is 1.68. The second kappa shape index (κ2) is 10.5. The van der Waals surface area contributed by atoms with Crippen molar-refractivity contribution in [3.8, 4) is 0 Å². The van der Waals surface area contributed by atoms with E-state index in [2.05, 4.69) is 15.5 Å². The quantitative estimate of drug-likeness (QED) is 0.408. The van der Waals surface area contributed by atoms with Crippen molar-refractivity contribution in [3.63, 3.8) is 0 Å². The summed E-state index contributed by atoms with van der Waals surface area (Å²) in [5.41, 5.74) is 3.86. The van der Waals surface area contributed by atoms with E-state index < -0.39 is 53.5 Å². The van der Waals surface area contributed by atoms with E-state index in [1.54, 1.807) is 36.5 Å². The van der Waals surface area contributed by atoms with Gasteiger partial charge in [-0.15, -0.1) is 0 Å². The number of rotatable bonds is 9. The van der Waals surface area contributed by atoms with Crippen LogP contribution < -0.4 is 16.4 Å². The van der Waals surface area contributed by atoms with Crippen molar-refractivity contribution < 1.29 is 37.1 Å². The van der Waals surface area contributed by atoms with Gasteiger partial charge in [0.25, 0.3) is 0 Å². The van der Waals surface area contributed by atoms with Gasteiger partial charge in [0, 0.05) is 23.9 Å². The van der Waals surface area contributed by atoms with Gasteiger partial charge in [-0.25, -0.2) is 0 Å². The van der Waals surface area contributed by atoms with Gasteiger partial charge >= 0.3 is 12.1 Å². The number of fused-ring (bicyclic) bond motifs is 2. The summed E-state index contributed by atoms with van der Waals surface area (Å²) < 4.78 is 45.1. The number of ether oxygens (including phenoxy) is 1. The van der Waals surface area contributed by atoms with Crippen molar-refractivity contribution in [3.05, 3.63) is 36.2 Å². The second-order valence-corrected chi connectivity index (χ2v) is 11.5. The van der Waals surface area contributed by atoms with Crippen molar-refractivity contribution in [2.24, 2.45) is 23.0 Å². The van der Waals surface area contributed by atoms with Crippen molar-refractivity contribution in [2.45, 2.75) is 64.5 Å². The molecule has 4 rings (SSSR count). The first-order valence-corrected chi connectivity index (χ1v) is 13.1. The lowest BCUT2D eigenvalue weighted by molar-refractivity contribution is -0.178. The number of nitrogens with one attached hydrogen (secondary N) is 2. The fourth-order valence-corrected chi connectivity index (χ4v) is 5.95. The largest absolute Gasteiger partial charge is 0.471 e. The number of carbonyl (C=O) groups is 4. The molecule has 41 heavy (non-hydrogen) atoms. The van der Waals surface area contributed by atoms with Crippen LogP contribution in [0.15, 0.2) is 30.5 Å². The second-order valence-electron chi connectivity index (χ2n) is 11.5. The van der Waals surface area contributed by atoms with Crippen LogP contribution in [-0.4, -0.2) is 75.7 Å². The highest BCUT2D eigenvalue weighted by Gasteiger charge is 2.70. The molecule has 2 fully saturated rings. The first-order valence-electron chi connectivity index (χ1n) is 13.1. The monoisotopic (exact) mass is 578 g/mol. The topological polar surface area (TPSA) is 157 Å². The van der Waals surface area contributed by atoms with E-state index in [9.17, 15) is 32.3 Å². The lowest BCUT2D eigenvalue weighted by atomic mass is 9.94. The molecule has 4 amide bonds. The number of carbonyl (C=O) groups excluding carboxylic acids is 4. The zero-order valence-corrected chi connectivity index (χ0v) is 23.3. The molecule has 1 aromatic heterocycles. The summed E-state index contributed by atoms with van der Waals surface area (Å²) in [5.74, 6) is -5.36. The molecule has 1 aliphatic heterocycles. The van der Waals surface area contributed by atoms with Gasteiger partial charge in [0.2, 0.25) is 17.7 Å². The standard InChI is InChI=1S/C27H33F3N6O5/c1-6-41-26(4,5)20(34-24(40)27(28,29)30)23(39)36-12-15-16(25(15,2)3)19(36)22(38)33-18(21(31)37)17-14-10-8-7-9-13(14)11-32-35-17/h7-11,15-16,18-20H,6,12H2,1-5H3,(H2,31,37)(H,33,38)(H,34,40)/t15-,16-,18?,19-,20?/m0/s1. The van der Waals surface area contributed by atoms with Gasteiger partial charge in [0.1, 0.15) is 17.8 Å². The number of alkyl halides is 3. The van der Waals surface area contributed by atoms with Crippen molar-refractivity contribution >= 4 is 34.4 Å². The fraction of sp³-hybridized carbons (Fsp3) is 0.556. The molecule has 2 unspecified atom stereocenters. The summed E-state index contributed by atoms with van der Waals surface area (Å²) in [6.07, 6.45) is -3.76. The summed E-state index contributed by atoms with van der Waals surface area (Å²) in [7, 11) is 0. The smallest absolute Gasteiger partial charge is 0.373 e.